The van der Waals surface area contributed by atoms with Gasteiger partial charge in [0.05, 0.1) is 0 Å². The van der Waals surface area contributed by atoms with Gasteiger partial charge >= 0.3 is 0 Å². The highest BCUT2D eigenvalue weighted by atomic mass is 32.2. The molecule has 0 bridgehead atoms. The number of rotatable bonds is 4. The van der Waals surface area contributed by atoms with Crippen LogP contribution in [0.1, 0.15) is 26.7 Å². The van der Waals surface area contributed by atoms with Crippen molar-refractivity contribution in [3.05, 3.63) is 30.1 Å². The summed E-state index contributed by atoms with van der Waals surface area (Å²) in [6.45, 7) is 5.20. The van der Waals surface area contributed by atoms with Crippen LogP contribution in [0.15, 0.2) is 29.2 Å². The van der Waals surface area contributed by atoms with E-state index < -0.39 is 0 Å². The molecule has 1 aromatic rings. The quantitative estimate of drug-likeness (QED) is 0.885. The van der Waals surface area contributed by atoms with E-state index in [0.717, 1.165) is 29.6 Å². The Hall–Kier alpha value is -0.540. The minimum Gasteiger partial charge on any atom is -0.329 e. The first-order valence-electron chi connectivity index (χ1n) is 6.19. The van der Waals surface area contributed by atoms with Crippen LogP contribution in [0, 0.1) is 17.7 Å². The van der Waals surface area contributed by atoms with E-state index in [4.69, 9.17) is 5.73 Å². The summed E-state index contributed by atoms with van der Waals surface area (Å²) in [6, 6.07) is 6.82. The summed E-state index contributed by atoms with van der Waals surface area (Å²) in [5.74, 6) is 1.34. The van der Waals surface area contributed by atoms with Crippen LogP contribution >= 0.6 is 11.8 Å². The van der Waals surface area contributed by atoms with Crippen LogP contribution in [0.25, 0.3) is 0 Å². The Morgan fingerprint density at radius 3 is 2.71 bits per heavy atom. The van der Waals surface area contributed by atoms with Gasteiger partial charge in [0.25, 0.3) is 0 Å². The minimum absolute atomic E-state index is 0.142. The van der Waals surface area contributed by atoms with Crippen LogP contribution in [0.2, 0.25) is 0 Å². The molecule has 0 aromatic heterocycles. The fourth-order valence-corrected chi connectivity index (χ4v) is 3.94. The van der Waals surface area contributed by atoms with E-state index in [9.17, 15) is 4.39 Å². The Kier molecular flexibility index (Phi) is 3.79. The number of nitrogens with two attached hydrogens (primary N) is 1. The normalized spacial score (nSPS) is 28.2. The molecule has 1 fully saturated rings. The molecule has 1 saturated carbocycles. The molecule has 17 heavy (non-hydrogen) atoms. The van der Waals surface area contributed by atoms with Gasteiger partial charge in [0, 0.05) is 16.2 Å². The summed E-state index contributed by atoms with van der Waals surface area (Å²) in [7, 11) is 0. The van der Waals surface area contributed by atoms with Crippen LogP contribution < -0.4 is 5.73 Å². The van der Waals surface area contributed by atoms with Crippen molar-refractivity contribution in [2.45, 2.75) is 36.3 Å². The summed E-state index contributed by atoms with van der Waals surface area (Å²) >= 11 is 1.75. The first-order valence-corrected chi connectivity index (χ1v) is 7.01. The fourth-order valence-electron chi connectivity index (χ4n) is 2.44. The van der Waals surface area contributed by atoms with Crippen LogP contribution in [0.5, 0.6) is 0 Å². The van der Waals surface area contributed by atoms with Crippen LogP contribution in [0.4, 0.5) is 4.39 Å². The van der Waals surface area contributed by atoms with Gasteiger partial charge in [0.2, 0.25) is 0 Å². The van der Waals surface area contributed by atoms with Crippen molar-refractivity contribution in [1.82, 2.24) is 0 Å². The molecule has 0 unspecified atom stereocenters. The summed E-state index contributed by atoms with van der Waals surface area (Å²) in [4.78, 5) is 0.998. The second-order valence-corrected chi connectivity index (χ2v) is 6.90. The highest BCUT2D eigenvalue weighted by Crippen LogP contribution is 2.52. The van der Waals surface area contributed by atoms with Gasteiger partial charge in [-0.3, -0.25) is 0 Å². The third-order valence-corrected chi connectivity index (χ3v) is 5.14. The first-order chi connectivity index (χ1) is 8.04. The summed E-state index contributed by atoms with van der Waals surface area (Å²) in [6.07, 6.45) is 2.31. The highest BCUT2D eigenvalue weighted by molar-refractivity contribution is 8.00. The molecule has 0 aliphatic heterocycles. The van der Waals surface area contributed by atoms with Gasteiger partial charge in [0.15, 0.2) is 0 Å². The molecular weight excluding hydrogens is 233 g/mol. The van der Waals surface area contributed by atoms with E-state index in [2.05, 4.69) is 13.8 Å². The lowest BCUT2D eigenvalue weighted by Gasteiger charge is -2.48. The van der Waals surface area contributed by atoms with Crippen molar-refractivity contribution in [3.63, 3.8) is 0 Å². The molecule has 1 nitrogen and oxygen atoms in total. The Labute approximate surface area is 107 Å². The molecule has 0 saturated heterocycles. The topological polar surface area (TPSA) is 26.0 Å². The van der Waals surface area contributed by atoms with Crippen molar-refractivity contribution in [2.75, 3.05) is 6.54 Å². The van der Waals surface area contributed by atoms with Crippen LogP contribution in [0.3, 0.4) is 0 Å². The standard InChI is InChI=1S/C14H20FNS/c1-10(2)11-7-14(8-11,9-16)17-13-5-3-4-12(15)6-13/h3-6,10-11H,7-9,16H2,1-2H3. The smallest absolute Gasteiger partial charge is 0.124 e. The molecule has 3 heteroatoms. The molecule has 0 radical (unpaired) electrons. The maximum absolute atomic E-state index is 13.1. The molecule has 1 aromatic carbocycles. The Morgan fingerprint density at radius 2 is 2.18 bits per heavy atom. The Morgan fingerprint density at radius 1 is 1.47 bits per heavy atom. The number of halogens is 1. The molecular formula is C14H20FNS. The maximum Gasteiger partial charge on any atom is 0.124 e. The molecule has 0 amide bonds. The van der Waals surface area contributed by atoms with E-state index >= 15 is 0 Å². The molecule has 0 spiro atoms. The van der Waals surface area contributed by atoms with E-state index in [0.29, 0.717) is 6.54 Å². The molecule has 94 valence electrons. The zero-order valence-corrected chi connectivity index (χ0v) is 11.3. The summed E-state index contributed by atoms with van der Waals surface area (Å²) in [5.41, 5.74) is 5.90. The average molecular weight is 253 g/mol. The maximum atomic E-state index is 13.1. The fraction of sp³-hybridized carbons (Fsp3) is 0.571. The number of benzene rings is 1. The first kappa shape index (κ1) is 12.9. The van der Waals surface area contributed by atoms with Gasteiger partial charge in [-0.05, 0) is 42.9 Å². The largest absolute Gasteiger partial charge is 0.329 e. The van der Waals surface area contributed by atoms with Crippen molar-refractivity contribution in [1.29, 1.82) is 0 Å². The lowest BCUT2D eigenvalue weighted by molar-refractivity contribution is 0.176. The second-order valence-electron chi connectivity index (χ2n) is 5.36. The van der Waals surface area contributed by atoms with Gasteiger partial charge in [-0.25, -0.2) is 4.39 Å². The summed E-state index contributed by atoms with van der Waals surface area (Å²) in [5, 5.41) is 0. The Bertz CT molecular complexity index is 386. The van der Waals surface area contributed by atoms with Gasteiger partial charge in [0.1, 0.15) is 5.82 Å². The molecule has 1 aliphatic rings. The average Bonchev–Trinajstić information content (AvgIpc) is 2.22. The number of hydrogen-bond donors (Lipinski definition) is 1. The lowest BCUT2D eigenvalue weighted by Crippen LogP contribution is -2.48. The third kappa shape index (κ3) is 2.83. The van der Waals surface area contributed by atoms with Crippen LogP contribution in [-0.2, 0) is 0 Å². The minimum atomic E-state index is -0.165. The Balaban J connectivity index is 2.02. The van der Waals surface area contributed by atoms with Gasteiger partial charge in [-0.1, -0.05) is 19.9 Å². The van der Waals surface area contributed by atoms with Crippen molar-refractivity contribution < 1.29 is 4.39 Å². The highest BCUT2D eigenvalue weighted by Gasteiger charge is 2.44. The zero-order valence-electron chi connectivity index (χ0n) is 10.4. The molecule has 1 aliphatic carbocycles. The molecule has 2 rings (SSSR count). The van der Waals surface area contributed by atoms with Gasteiger partial charge < -0.3 is 5.73 Å². The lowest BCUT2D eigenvalue weighted by atomic mass is 9.69. The van der Waals surface area contributed by atoms with E-state index in [-0.39, 0.29) is 10.6 Å². The zero-order chi connectivity index (χ0) is 12.5. The van der Waals surface area contributed by atoms with Crippen molar-refractivity contribution in [3.8, 4) is 0 Å². The third-order valence-electron chi connectivity index (χ3n) is 3.71. The molecule has 0 atom stereocenters. The monoisotopic (exact) mass is 253 g/mol. The SMILES string of the molecule is CC(C)C1CC(CN)(Sc2cccc(F)c2)C1. The summed E-state index contributed by atoms with van der Waals surface area (Å²) < 4.78 is 13.3. The number of hydrogen-bond acceptors (Lipinski definition) is 2. The second kappa shape index (κ2) is 4.99. The number of thioether (sulfide) groups is 1. The van der Waals surface area contributed by atoms with Crippen molar-refractivity contribution in [2.24, 2.45) is 17.6 Å². The van der Waals surface area contributed by atoms with E-state index in [1.165, 1.54) is 6.07 Å². The predicted molar refractivity (Wildman–Crippen MR) is 71.6 cm³/mol. The van der Waals surface area contributed by atoms with Crippen molar-refractivity contribution >= 4 is 11.8 Å². The van der Waals surface area contributed by atoms with Gasteiger partial charge in [-0.15, -0.1) is 11.8 Å². The van der Waals surface area contributed by atoms with Gasteiger partial charge in [-0.2, -0.15) is 0 Å². The molecule has 0 heterocycles. The van der Waals surface area contributed by atoms with E-state index in [1.807, 2.05) is 6.07 Å². The van der Waals surface area contributed by atoms with Crippen LogP contribution in [-0.4, -0.2) is 11.3 Å². The molecule has 2 N–H and O–H groups in total. The predicted octanol–water partition coefficient (Wildman–Crippen LogP) is 3.68. The van der Waals surface area contributed by atoms with E-state index in [1.54, 1.807) is 23.9 Å².